The molecule has 3 aromatic rings. The summed E-state index contributed by atoms with van der Waals surface area (Å²) in [6.07, 6.45) is -3.20. The summed E-state index contributed by atoms with van der Waals surface area (Å²) in [6.45, 7) is 3.03. The van der Waals surface area contributed by atoms with Gasteiger partial charge in [0.15, 0.2) is 17.5 Å². The molecule has 0 bridgehead atoms. The quantitative estimate of drug-likeness (QED) is 0.386. The predicted octanol–water partition coefficient (Wildman–Crippen LogP) is 4.34. The normalized spacial score (nSPS) is 29.4. The van der Waals surface area contributed by atoms with E-state index in [-0.39, 0.29) is 22.6 Å². The lowest BCUT2D eigenvalue weighted by Gasteiger charge is -2.36. The molecule has 3 fully saturated rings. The van der Waals surface area contributed by atoms with Crippen molar-refractivity contribution in [1.29, 1.82) is 0 Å². The SMILES string of the molecule is CC1(C)O[C@H]2[C@@H](O1)[C@@](n1cnc3c(C(N)C4CCCC4)ncnc31)(C(F)(F)F)O[C@@H]2C#Cc1ccccc1F. The van der Waals surface area contributed by atoms with Gasteiger partial charge < -0.3 is 19.9 Å². The zero-order valence-electron chi connectivity index (χ0n) is 21.3. The van der Waals surface area contributed by atoms with E-state index in [0.29, 0.717) is 5.69 Å². The Hall–Kier alpha value is -3.11. The van der Waals surface area contributed by atoms with Gasteiger partial charge in [-0.1, -0.05) is 36.8 Å². The highest BCUT2D eigenvalue weighted by Crippen LogP contribution is 2.54. The van der Waals surface area contributed by atoms with E-state index in [1.165, 1.54) is 38.4 Å². The van der Waals surface area contributed by atoms with Crippen LogP contribution >= 0.6 is 0 Å². The maximum Gasteiger partial charge on any atom is 0.440 e. The van der Waals surface area contributed by atoms with Gasteiger partial charge in [-0.05, 0) is 44.7 Å². The second-order valence-corrected chi connectivity index (χ2v) is 10.6. The summed E-state index contributed by atoms with van der Waals surface area (Å²) < 4.78 is 78.1. The molecule has 1 aromatic carbocycles. The zero-order valence-corrected chi connectivity index (χ0v) is 21.3. The van der Waals surface area contributed by atoms with Crippen LogP contribution in [0.2, 0.25) is 0 Å². The van der Waals surface area contributed by atoms with Gasteiger partial charge >= 0.3 is 6.18 Å². The Balaban J connectivity index is 1.48. The zero-order chi connectivity index (χ0) is 27.6. The Labute approximate surface area is 221 Å². The van der Waals surface area contributed by atoms with E-state index in [9.17, 15) is 4.39 Å². The van der Waals surface area contributed by atoms with E-state index >= 15 is 13.2 Å². The fourth-order valence-electron chi connectivity index (χ4n) is 5.90. The molecule has 39 heavy (non-hydrogen) atoms. The smallest absolute Gasteiger partial charge is 0.341 e. The van der Waals surface area contributed by atoms with Crippen molar-refractivity contribution < 1.29 is 31.8 Å². The van der Waals surface area contributed by atoms with E-state index in [2.05, 4.69) is 26.8 Å². The molecule has 2 N–H and O–H groups in total. The summed E-state index contributed by atoms with van der Waals surface area (Å²) in [5.41, 5.74) is 3.90. The summed E-state index contributed by atoms with van der Waals surface area (Å²) in [6, 6.07) is 5.22. The van der Waals surface area contributed by atoms with Crippen LogP contribution in [0.3, 0.4) is 0 Å². The van der Waals surface area contributed by atoms with Crippen LogP contribution in [0.4, 0.5) is 17.6 Å². The minimum atomic E-state index is -5.01. The van der Waals surface area contributed by atoms with Crippen LogP contribution in [0.1, 0.15) is 56.8 Å². The number of rotatable bonds is 3. The Morgan fingerprint density at radius 2 is 1.82 bits per heavy atom. The van der Waals surface area contributed by atoms with Gasteiger partial charge in [-0.2, -0.15) is 13.2 Å². The number of hydrogen-bond acceptors (Lipinski definition) is 7. The number of nitrogens with zero attached hydrogens (tertiary/aromatic N) is 4. The molecule has 5 atom stereocenters. The van der Waals surface area contributed by atoms with E-state index in [1.54, 1.807) is 6.07 Å². The summed E-state index contributed by atoms with van der Waals surface area (Å²) in [5.74, 6) is 3.44. The number of benzene rings is 1. The van der Waals surface area contributed by atoms with Crippen LogP contribution in [-0.2, 0) is 19.9 Å². The molecule has 2 aliphatic heterocycles. The number of alkyl halides is 3. The Morgan fingerprint density at radius 1 is 1.08 bits per heavy atom. The topological polar surface area (TPSA) is 97.3 Å². The van der Waals surface area contributed by atoms with Crippen molar-refractivity contribution in [2.45, 2.75) is 81.6 Å². The molecule has 6 rings (SSSR count). The van der Waals surface area contributed by atoms with E-state index in [4.69, 9.17) is 19.9 Å². The Morgan fingerprint density at radius 3 is 2.54 bits per heavy atom. The van der Waals surface area contributed by atoms with Gasteiger partial charge in [-0.25, -0.2) is 19.3 Å². The van der Waals surface area contributed by atoms with Crippen LogP contribution in [-0.4, -0.2) is 49.8 Å². The highest BCUT2D eigenvalue weighted by atomic mass is 19.4. The number of nitrogens with two attached hydrogens (primary N) is 1. The number of hydrogen-bond donors (Lipinski definition) is 1. The minimum absolute atomic E-state index is 0.0201. The van der Waals surface area contributed by atoms with Gasteiger partial charge in [-0.3, -0.25) is 4.57 Å². The van der Waals surface area contributed by atoms with Gasteiger partial charge in [0.05, 0.1) is 23.6 Å². The third kappa shape index (κ3) is 4.19. The van der Waals surface area contributed by atoms with E-state index in [0.717, 1.165) is 36.6 Å². The first-order valence-corrected chi connectivity index (χ1v) is 12.8. The van der Waals surface area contributed by atoms with Crippen molar-refractivity contribution in [3.63, 3.8) is 0 Å². The fourth-order valence-corrected chi connectivity index (χ4v) is 5.90. The van der Waals surface area contributed by atoms with Gasteiger partial charge in [0, 0.05) is 0 Å². The van der Waals surface area contributed by atoms with Crippen molar-refractivity contribution >= 4 is 11.2 Å². The molecule has 0 amide bonds. The first-order chi connectivity index (χ1) is 18.5. The van der Waals surface area contributed by atoms with Crippen molar-refractivity contribution in [3.05, 3.63) is 54.0 Å². The highest BCUT2D eigenvalue weighted by molar-refractivity contribution is 5.74. The van der Waals surface area contributed by atoms with Crippen molar-refractivity contribution in [3.8, 4) is 11.8 Å². The number of aromatic nitrogens is 4. The lowest BCUT2D eigenvalue weighted by atomic mass is 9.95. The third-order valence-corrected chi connectivity index (χ3v) is 7.69. The molecule has 0 radical (unpaired) electrons. The number of ether oxygens (including phenoxy) is 3. The van der Waals surface area contributed by atoms with Crippen molar-refractivity contribution in [2.24, 2.45) is 11.7 Å². The Bertz CT molecular complexity index is 1460. The molecular formula is C27H27F4N5O3. The average Bonchev–Trinajstić information content (AvgIpc) is 3.66. The second-order valence-electron chi connectivity index (χ2n) is 10.6. The van der Waals surface area contributed by atoms with Gasteiger partial charge in [0.2, 0.25) is 0 Å². The maximum absolute atomic E-state index is 15.2. The van der Waals surface area contributed by atoms with Crippen LogP contribution in [0.25, 0.3) is 11.2 Å². The standard InChI is InChI=1S/C27H27F4N5O3/c1-25(2)38-22-18(12-11-15-7-5-6-10-17(15)28)37-26(23(22)39-25,27(29,30)31)36-14-35-21-20(33-13-34-24(21)36)19(32)16-8-3-4-9-16/h5-7,10,13-14,16,18-19,22-23H,3-4,8-9,32H2,1-2H3/t18-,19?,22-,23-,26+/m1/s1. The summed E-state index contributed by atoms with van der Waals surface area (Å²) in [4.78, 5) is 12.8. The monoisotopic (exact) mass is 545 g/mol. The molecule has 206 valence electrons. The van der Waals surface area contributed by atoms with E-state index in [1.807, 2.05) is 0 Å². The largest absolute Gasteiger partial charge is 0.440 e. The summed E-state index contributed by atoms with van der Waals surface area (Å²) >= 11 is 0. The molecule has 8 nitrogen and oxygen atoms in total. The average molecular weight is 546 g/mol. The second kappa shape index (κ2) is 9.23. The molecule has 2 saturated heterocycles. The van der Waals surface area contributed by atoms with Crippen molar-refractivity contribution in [2.75, 3.05) is 0 Å². The Kier molecular flexibility index (Phi) is 6.18. The molecule has 1 saturated carbocycles. The van der Waals surface area contributed by atoms with E-state index < -0.39 is 47.9 Å². The first kappa shape index (κ1) is 26.1. The van der Waals surface area contributed by atoms with Gasteiger partial charge in [0.25, 0.3) is 5.72 Å². The summed E-state index contributed by atoms with van der Waals surface area (Å²) in [7, 11) is 0. The van der Waals surface area contributed by atoms with Crippen LogP contribution < -0.4 is 5.73 Å². The third-order valence-electron chi connectivity index (χ3n) is 7.69. The highest BCUT2D eigenvalue weighted by Gasteiger charge is 2.75. The summed E-state index contributed by atoms with van der Waals surface area (Å²) in [5, 5.41) is 0. The lowest BCUT2D eigenvalue weighted by molar-refractivity contribution is -0.341. The molecular weight excluding hydrogens is 518 g/mol. The van der Waals surface area contributed by atoms with Gasteiger partial charge in [0.1, 0.15) is 29.9 Å². The molecule has 4 heterocycles. The maximum atomic E-state index is 15.2. The molecule has 12 heteroatoms. The van der Waals surface area contributed by atoms with Gasteiger partial charge in [-0.15, -0.1) is 0 Å². The van der Waals surface area contributed by atoms with Crippen molar-refractivity contribution in [1.82, 2.24) is 19.5 Å². The molecule has 2 aromatic heterocycles. The fraction of sp³-hybridized carbons (Fsp3) is 0.519. The molecule has 1 unspecified atom stereocenters. The predicted molar refractivity (Wildman–Crippen MR) is 130 cm³/mol. The number of imidazole rings is 1. The van der Waals surface area contributed by atoms with Crippen LogP contribution in [0.5, 0.6) is 0 Å². The molecule has 1 aliphatic carbocycles. The molecule has 3 aliphatic rings. The van der Waals surface area contributed by atoms with Crippen LogP contribution in [0.15, 0.2) is 36.9 Å². The van der Waals surface area contributed by atoms with Crippen LogP contribution in [0, 0.1) is 23.6 Å². The minimum Gasteiger partial charge on any atom is -0.341 e. The number of halogens is 4. The first-order valence-electron chi connectivity index (χ1n) is 12.8. The number of fused-ring (bicyclic) bond motifs is 2. The lowest BCUT2D eigenvalue weighted by Crippen LogP contribution is -2.56. The molecule has 0 spiro atoms.